The van der Waals surface area contributed by atoms with Crippen LogP contribution in [0.25, 0.3) is 0 Å². The highest BCUT2D eigenvalue weighted by atomic mass is 79.9. The highest BCUT2D eigenvalue weighted by Gasteiger charge is 2.40. The van der Waals surface area contributed by atoms with E-state index in [4.69, 9.17) is 9.47 Å². The Balaban J connectivity index is 1.56. The van der Waals surface area contributed by atoms with Crippen molar-refractivity contribution in [2.45, 2.75) is 62.0 Å². The third-order valence-corrected chi connectivity index (χ3v) is 5.79. The van der Waals surface area contributed by atoms with E-state index in [2.05, 4.69) is 37.9 Å². The molecule has 116 valence electrons. The van der Waals surface area contributed by atoms with Crippen LogP contribution >= 0.6 is 31.9 Å². The molecule has 1 aliphatic heterocycles. The molecule has 1 unspecified atom stereocenters. The van der Waals surface area contributed by atoms with Gasteiger partial charge in [-0.15, -0.1) is 0 Å². The quantitative estimate of drug-likeness (QED) is 0.593. The van der Waals surface area contributed by atoms with Gasteiger partial charge in [0.05, 0.1) is 11.7 Å². The van der Waals surface area contributed by atoms with Crippen LogP contribution in [-0.2, 0) is 10.1 Å². The number of ether oxygens (including phenoxy) is 2. The molecule has 1 aromatic carbocycles. The van der Waals surface area contributed by atoms with Gasteiger partial charge in [-0.2, -0.15) is 0 Å². The molecule has 1 heterocycles. The number of hydrogen-bond donors (Lipinski definition) is 0. The molecule has 1 saturated heterocycles. The molecule has 0 aromatic heterocycles. The maximum absolute atomic E-state index is 6.36. The number of alkyl halides is 1. The number of halogens is 2. The zero-order valence-corrected chi connectivity index (χ0v) is 15.4. The van der Waals surface area contributed by atoms with Crippen LogP contribution in [0.15, 0.2) is 22.7 Å². The molecule has 21 heavy (non-hydrogen) atoms. The summed E-state index contributed by atoms with van der Waals surface area (Å²) in [5.41, 5.74) is 1.36. The first-order chi connectivity index (χ1) is 10.2. The van der Waals surface area contributed by atoms with Gasteiger partial charge in [-0.05, 0) is 43.9 Å². The lowest BCUT2D eigenvalue weighted by Crippen LogP contribution is -2.32. The van der Waals surface area contributed by atoms with E-state index in [1.54, 1.807) is 0 Å². The molecule has 1 spiro atoms. The predicted octanol–water partition coefficient (Wildman–Crippen LogP) is 5.60. The lowest BCUT2D eigenvalue weighted by molar-refractivity contribution is -0.0749. The van der Waals surface area contributed by atoms with Crippen molar-refractivity contribution >= 4 is 31.9 Å². The summed E-state index contributed by atoms with van der Waals surface area (Å²) in [6.07, 6.45) is 9.13. The van der Waals surface area contributed by atoms with Crippen molar-refractivity contribution in [2.75, 3.05) is 6.61 Å². The summed E-state index contributed by atoms with van der Waals surface area (Å²) in [5, 5.41) is 0.803. The first kappa shape index (κ1) is 15.8. The maximum Gasteiger partial charge on any atom is 0.123 e. The van der Waals surface area contributed by atoms with Crippen molar-refractivity contribution < 1.29 is 9.47 Å². The van der Waals surface area contributed by atoms with Crippen LogP contribution in [0.1, 0.15) is 50.5 Å². The summed E-state index contributed by atoms with van der Waals surface area (Å²) in [7, 11) is 0. The minimum Gasteiger partial charge on any atom is -0.491 e. The van der Waals surface area contributed by atoms with Gasteiger partial charge in [0.1, 0.15) is 12.4 Å². The molecule has 0 amide bonds. The minimum atomic E-state index is 0.185. The second-order valence-electron chi connectivity index (χ2n) is 6.22. The Bertz CT molecular complexity index is 484. The minimum absolute atomic E-state index is 0.185. The van der Waals surface area contributed by atoms with Crippen LogP contribution in [0.3, 0.4) is 0 Å². The average Bonchev–Trinajstić information content (AvgIpc) is 2.89. The number of rotatable bonds is 4. The van der Waals surface area contributed by atoms with E-state index in [-0.39, 0.29) is 11.7 Å². The number of benzene rings is 1. The van der Waals surface area contributed by atoms with Gasteiger partial charge in [0, 0.05) is 15.4 Å². The molecule has 1 saturated carbocycles. The molecule has 0 N–H and O–H groups in total. The molecule has 3 rings (SSSR count). The van der Waals surface area contributed by atoms with E-state index in [0.717, 1.165) is 22.0 Å². The van der Waals surface area contributed by atoms with Crippen LogP contribution in [0.5, 0.6) is 5.75 Å². The summed E-state index contributed by atoms with van der Waals surface area (Å²) in [5.74, 6) is 0.961. The lowest BCUT2D eigenvalue weighted by Gasteiger charge is -2.33. The Hall–Kier alpha value is -0.0600. The molecule has 2 aliphatic rings. The molecule has 1 atom stereocenters. The monoisotopic (exact) mass is 416 g/mol. The van der Waals surface area contributed by atoms with E-state index in [1.165, 1.54) is 44.1 Å². The van der Waals surface area contributed by atoms with Gasteiger partial charge < -0.3 is 9.47 Å². The van der Waals surface area contributed by atoms with Gasteiger partial charge in [-0.3, -0.25) is 0 Å². The highest BCUT2D eigenvalue weighted by Crippen LogP contribution is 2.42. The third-order valence-electron chi connectivity index (χ3n) is 4.69. The fraction of sp³-hybridized carbons (Fsp3) is 0.647. The van der Waals surface area contributed by atoms with Crippen LogP contribution in [0.4, 0.5) is 0 Å². The first-order valence-electron chi connectivity index (χ1n) is 7.86. The Kier molecular flexibility index (Phi) is 5.28. The lowest BCUT2D eigenvalue weighted by atomic mass is 9.83. The molecule has 2 fully saturated rings. The van der Waals surface area contributed by atoms with Crippen LogP contribution in [0.2, 0.25) is 0 Å². The second-order valence-corrected chi connectivity index (χ2v) is 7.70. The SMILES string of the molecule is BrCc1cc(Br)ccc1OCC1CCC2(CCCCC2)O1. The van der Waals surface area contributed by atoms with E-state index in [1.807, 2.05) is 12.1 Å². The van der Waals surface area contributed by atoms with Crippen molar-refractivity contribution in [1.82, 2.24) is 0 Å². The Morgan fingerprint density at radius 3 is 2.76 bits per heavy atom. The predicted molar refractivity (Wildman–Crippen MR) is 92.2 cm³/mol. The van der Waals surface area contributed by atoms with E-state index in [0.29, 0.717) is 6.61 Å². The summed E-state index contributed by atoms with van der Waals surface area (Å²) in [6, 6.07) is 6.16. The van der Waals surface area contributed by atoms with Crippen molar-refractivity contribution in [3.63, 3.8) is 0 Å². The molecular formula is C17H22Br2O2. The van der Waals surface area contributed by atoms with E-state index < -0.39 is 0 Å². The molecule has 0 radical (unpaired) electrons. The largest absolute Gasteiger partial charge is 0.491 e. The number of hydrogen-bond acceptors (Lipinski definition) is 2. The fourth-order valence-electron chi connectivity index (χ4n) is 3.55. The van der Waals surface area contributed by atoms with E-state index >= 15 is 0 Å². The van der Waals surface area contributed by atoms with Gasteiger partial charge in [0.25, 0.3) is 0 Å². The van der Waals surface area contributed by atoms with Crippen molar-refractivity contribution in [2.24, 2.45) is 0 Å². The maximum atomic E-state index is 6.36. The van der Waals surface area contributed by atoms with Gasteiger partial charge in [-0.25, -0.2) is 0 Å². The van der Waals surface area contributed by atoms with Gasteiger partial charge >= 0.3 is 0 Å². The molecule has 4 heteroatoms. The zero-order chi connectivity index (χ0) is 14.7. The molecule has 1 aromatic rings. The van der Waals surface area contributed by atoms with Gasteiger partial charge in [0.2, 0.25) is 0 Å². The Morgan fingerprint density at radius 1 is 1.19 bits per heavy atom. The van der Waals surface area contributed by atoms with Crippen LogP contribution in [-0.4, -0.2) is 18.3 Å². The molecular weight excluding hydrogens is 396 g/mol. The first-order valence-corrected chi connectivity index (χ1v) is 9.77. The van der Waals surface area contributed by atoms with Crippen molar-refractivity contribution in [1.29, 1.82) is 0 Å². The molecule has 1 aliphatic carbocycles. The third kappa shape index (κ3) is 3.83. The Morgan fingerprint density at radius 2 is 2.00 bits per heavy atom. The normalized spacial score (nSPS) is 24.4. The standard InChI is InChI=1S/C17H22Br2O2/c18-11-13-10-14(19)4-5-16(13)20-12-15-6-9-17(21-15)7-2-1-3-8-17/h4-5,10,15H,1-3,6-9,11-12H2. The zero-order valence-electron chi connectivity index (χ0n) is 12.2. The summed E-state index contributed by atoms with van der Waals surface area (Å²) >= 11 is 7.02. The van der Waals surface area contributed by atoms with Crippen LogP contribution in [0, 0.1) is 0 Å². The molecule has 0 bridgehead atoms. The van der Waals surface area contributed by atoms with Gasteiger partial charge in [0.15, 0.2) is 0 Å². The van der Waals surface area contributed by atoms with Crippen molar-refractivity contribution in [3.05, 3.63) is 28.2 Å². The summed E-state index contributed by atoms with van der Waals surface area (Å²) < 4.78 is 13.5. The Labute approximate surface area is 143 Å². The van der Waals surface area contributed by atoms with Crippen LogP contribution < -0.4 is 4.74 Å². The van der Waals surface area contributed by atoms with Crippen molar-refractivity contribution in [3.8, 4) is 5.75 Å². The molecule has 2 nitrogen and oxygen atoms in total. The fourth-order valence-corrected chi connectivity index (χ4v) is 4.40. The highest BCUT2D eigenvalue weighted by molar-refractivity contribution is 9.10. The smallest absolute Gasteiger partial charge is 0.123 e. The summed E-state index contributed by atoms with van der Waals surface area (Å²) in [6.45, 7) is 0.670. The summed E-state index contributed by atoms with van der Waals surface area (Å²) in [4.78, 5) is 0. The topological polar surface area (TPSA) is 18.5 Å². The van der Waals surface area contributed by atoms with Gasteiger partial charge in [-0.1, -0.05) is 51.1 Å². The average molecular weight is 418 g/mol. The van der Waals surface area contributed by atoms with E-state index in [9.17, 15) is 0 Å². The second kappa shape index (κ2) is 7.01.